The van der Waals surface area contributed by atoms with E-state index in [9.17, 15) is 6.85 Å². The summed E-state index contributed by atoms with van der Waals surface area (Å²) in [4.78, 5) is 15.3. The van der Waals surface area contributed by atoms with Gasteiger partial charge in [0.15, 0.2) is 17.5 Å². The molecule has 0 spiro atoms. The standard InChI is InChI=1S/C57H36N4O/c1-4-16-37(17-5-1)40-22-14-23-42(34-40)44-26-15-27-48(54(44)61-50-28-12-10-24-45(50)49-35-41(31-33-51(49)61)38-18-6-2-7-19-38)57-59-55(39-20-8-3-9-21-39)58-56(60-57)43-30-32-47-46-25-11-13-29-52(46)62-53(47)36-43/h1-36H/i2D,6D,7D,10D,12D,18D,19D,24D,28D,31D,33D,35D. The van der Waals surface area contributed by atoms with Crippen molar-refractivity contribution in [2.75, 3.05) is 0 Å². The maximum Gasteiger partial charge on any atom is 0.166 e. The topological polar surface area (TPSA) is 56.7 Å². The summed E-state index contributed by atoms with van der Waals surface area (Å²) in [6.07, 6.45) is 0. The minimum Gasteiger partial charge on any atom is -0.456 e. The number of furan rings is 1. The molecule has 0 unspecified atom stereocenters. The fourth-order valence-electron chi connectivity index (χ4n) is 8.14. The SMILES string of the molecule is [2H]c1c([2H])c([2H])c(-c2c([2H])c([2H])c3c(c2[2H])c2c([2H])c([2H])c([2H])c([2H])c2n3-c2c(-c3cccc(-c4ccccc4)c3)cccc2-c2nc(-c3ccccc3)nc(-c3ccc4c(c3)oc3ccccc34)n2)c([2H])c1[2H]. The number of hydrogen-bond donors (Lipinski definition) is 0. The van der Waals surface area contributed by atoms with Crippen LogP contribution >= 0.6 is 0 Å². The number of benzene rings is 9. The largest absolute Gasteiger partial charge is 0.456 e. The Kier molecular flexibility index (Phi) is 5.99. The second kappa shape index (κ2) is 14.7. The Balaban J connectivity index is 1.24. The summed E-state index contributed by atoms with van der Waals surface area (Å²) in [5.74, 6) is 0.701. The molecule has 0 aliphatic rings. The molecule has 5 heteroatoms. The Hall–Kier alpha value is -8.41. The molecule has 12 aromatic rings. The smallest absolute Gasteiger partial charge is 0.166 e. The summed E-state index contributed by atoms with van der Waals surface area (Å²) >= 11 is 0. The van der Waals surface area contributed by atoms with Crippen LogP contribution in [-0.2, 0) is 0 Å². The summed E-state index contributed by atoms with van der Waals surface area (Å²) in [6, 6.07) is 38.0. The lowest BCUT2D eigenvalue weighted by Gasteiger charge is -2.19. The maximum atomic E-state index is 9.92. The van der Waals surface area contributed by atoms with Crippen molar-refractivity contribution in [1.82, 2.24) is 19.5 Å². The first-order valence-corrected chi connectivity index (χ1v) is 19.9. The highest BCUT2D eigenvalue weighted by molar-refractivity contribution is 6.12. The van der Waals surface area contributed by atoms with Crippen LogP contribution in [0, 0.1) is 0 Å². The minimum atomic E-state index is -0.712. The van der Waals surface area contributed by atoms with Gasteiger partial charge in [-0.05, 0) is 76.3 Å². The molecule has 3 heterocycles. The van der Waals surface area contributed by atoms with E-state index in [1.54, 1.807) is 6.07 Å². The van der Waals surface area contributed by atoms with Crippen molar-refractivity contribution in [3.8, 4) is 73.2 Å². The van der Waals surface area contributed by atoms with Gasteiger partial charge in [-0.15, -0.1) is 0 Å². The molecule has 0 aliphatic heterocycles. The quantitative estimate of drug-likeness (QED) is 0.161. The lowest BCUT2D eigenvalue weighted by molar-refractivity contribution is 0.669. The molecule has 290 valence electrons. The molecule has 0 saturated carbocycles. The predicted octanol–water partition coefficient (Wildman–Crippen LogP) is 14.9. The monoisotopic (exact) mass is 804 g/mol. The third kappa shape index (κ3) is 6.06. The van der Waals surface area contributed by atoms with Gasteiger partial charge in [0.25, 0.3) is 0 Å². The third-order valence-electron chi connectivity index (χ3n) is 11.0. The lowest BCUT2D eigenvalue weighted by Crippen LogP contribution is -2.05. The minimum absolute atomic E-state index is 0.130. The van der Waals surface area contributed by atoms with Crippen LogP contribution in [0.5, 0.6) is 0 Å². The Morgan fingerprint density at radius 3 is 1.87 bits per heavy atom. The molecule has 0 N–H and O–H groups in total. The fraction of sp³-hybridized carbons (Fsp3) is 0. The summed E-state index contributed by atoms with van der Waals surface area (Å²) in [6.45, 7) is 0. The van der Waals surface area contributed by atoms with Gasteiger partial charge in [0, 0.05) is 43.8 Å². The van der Waals surface area contributed by atoms with Crippen molar-refractivity contribution in [3.63, 3.8) is 0 Å². The van der Waals surface area contributed by atoms with Crippen LogP contribution in [0.4, 0.5) is 0 Å². The summed E-state index contributed by atoms with van der Waals surface area (Å²) < 4.78 is 117. The van der Waals surface area contributed by atoms with Crippen LogP contribution < -0.4 is 0 Å². The molecular weight excluding hydrogens is 757 g/mol. The molecule has 5 nitrogen and oxygen atoms in total. The van der Waals surface area contributed by atoms with Gasteiger partial charge in [0.05, 0.1) is 33.2 Å². The van der Waals surface area contributed by atoms with Crippen LogP contribution in [0.3, 0.4) is 0 Å². The van der Waals surface area contributed by atoms with E-state index in [1.165, 1.54) is 4.57 Å². The average Bonchev–Trinajstić information content (AvgIpc) is 4.00. The van der Waals surface area contributed by atoms with Crippen LogP contribution in [0.25, 0.3) is 117 Å². The predicted molar refractivity (Wildman–Crippen MR) is 254 cm³/mol. The second-order valence-corrected chi connectivity index (χ2v) is 14.7. The number of rotatable bonds is 7. The lowest BCUT2D eigenvalue weighted by atomic mass is 9.95. The highest BCUT2D eigenvalue weighted by Gasteiger charge is 2.23. The summed E-state index contributed by atoms with van der Waals surface area (Å²) in [5, 5.41) is 1.46. The highest BCUT2D eigenvalue weighted by Crippen LogP contribution is 2.43. The number of fused-ring (bicyclic) bond motifs is 6. The second-order valence-electron chi connectivity index (χ2n) is 14.7. The van der Waals surface area contributed by atoms with E-state index in [2.05, 4.69) is 0 Å². The van der Waals surface area contributed by atoms with Crippen molar-refractivity contribution in [2.24, 2.45) is 0 Å². The van der Waals surface area contributed by atoms with E-state index in [1.807, 2.05) is 140 Å². The molecule has 0 saturated heterocycles. The van der Waals surface area contributed by atoms with Gasteiger partial charge in [0.2, 0.25) is 0 Å². The van der Waals surface area contributed by atoms with Gasteiger partial charge in [-0.3, -0.25) is 0 Å². The highest BCUT2D eigenvalue weighted by atomic mass is 16.3. The van der Waals surface area contributed by atoms with Gasteiger partial charge >= 0.3 is 0 Å². The Bertz CT molecular complexity index is 4320. The Morgan fingerprint density at radius 1 is 0.371 bits per heavy atom. The molecule has 0 bridgehead atoms. The van der Waals surface area contributed by atoms with Crippen molar-refractivity contribution in [2.45, 2.75) is 0 Å². The van der Waals surface area contributed by atoms with E-state index in [0.717, 1.165) is 21.9 Å². The van der Waals surface area contributed by atoms with Gasteiger partial charge in [-0.1, -0.05) is 170 Å². The van der Waals surface area contributed by atoms with E-state index in [0.29, 0.717) is 44.8 Å². The average molecular weight is 805 g/mol. The molecule has 0 amide bonds. The van der Waals surface area contributed by atoms with Crippen LogP contribution in [0.2, 0.25) is 0 Å². The summed E-state index contributed by atoms with van der Waals surface area (Å²) in [5.41, 5.74) is 4.76. The molecule has 0 fully saturated rings. The van der Waals surface area contributed by atoms with E-state index in [-0.39, 0.29) is 39.1 Å². The number of aromatic nitrogens is 4. The molecule has 0 radical (unpaired) electrons. The van der Waals surface area contributed by atoms with Crippen LogP contribution in [0.1, 0.15) is 16.4 Å². The van der Waals surface area contributed by atoms with E-state index >= 15 is 0 Å². The molecular formula is C57H36N4O. The Morgan fingerprint density at radius 2 is 1.02 bits per heavy atom. The Labute approximate surface area is 374 Å². The molecule has 0 atom stereocenters. The van der Waals surface area contributed by atoms with Crippen molar-refractivity contribution in [3.05, 3.63) is 218 Å². The first-order valence-electron chi connectivity index (χ1n) is 25.9. The summed E-state index contributed by atoms with van der Waals surface area (Å²) in [7, 11) is 0. The van der Waals surface area contributed by atoms with E-state index < -0.39 is 83.6 Å². The zero-order chi connectivity index (χ0) is 51.4. The molecule has 12 rings (SSSR count). The number of nitrogens with zero attached hydrogens (tertiary/aromatic N) is 4. The van der Waals surface area contributed by atoms with Gasteiger partial charge in [0.1, 0.15) is 11.2 Å². The normalized spacial score (nSPS) is 14.3. The molecule has 3 aromatic heterocycles. The fourth-order valence-corrected chi connectivity index (χ4v) is 8.14. The first-order chi connectivity index (χ1) is 35.7. The van der Waals surface area contributed by atoms with E-state index in [4.69, 9.17) is 29.0 Å². The van der Waals surface area contributed by atoms with Crippen LogP contribution in [-0.4, -0.2) is 19.5 Å². The third-order valence-corrected chi connectivity index (χ3v) is 11.0. The maximum absolute atomic E-state index is 9.92. The molecule has 9 aromatic carbocycles. The van der Waals surface area contributed by atoms with Crippen molar-refractivity contribution >= 4 is 43.7 Å². The number of hydrogen-bond acceptors (Lipinski definition) is 4. The molecule has 0 aliphatic carbocycles. The zero-order valence-corrected chi connectivity index (χ0v) is 32.6. The van der Waals surface area contributed by atoms with Gasteiger partial charge in [-0.2, -0.15) is 0 Å². The first kappa shape index (κ1) is 25.3. The zero-order valence-electron chi connectivity index (χ0n) is 44.6. The van der Waals surface area contributed by atoms with Gasteiger partial charge < -0.3 is 8.98 Å². The number of para-hydroxylation sites is 3. The van der Waals surface area contributed by atoms with Gasteiger partial charge in [-0.25, -0.2) is 15.0 Å². The van der Waals surface area contributed by atoms with Crippen LogP contribution in [0.15, 0.2) is 223 Å². The molecule has 62 heavy (non-hydrogen) atoms. The van der Waals surface area contributed by atoms with Crippen molar-refractivity contribution < 1.29 is 20.9 Å². The van der Waals surface area contributed by atoms with Crippen molar-refractivity contribution in [1.29, 1.82) is 0 Å².